The Balaban J connectivity index is -0.0000000400. The predicted molar refractivity (Wildman–Crippen MR) is 25.5 cm³/mol. The van der Waals surface area contributed by atoms with E-state index in [4.69, 9.17) is 19.6 Å². The molecular weight excluding hydrogens is 232 g/mol. The summed E-state index contributed by atoms with van der Waals surface area (Å²) in [7, 11) is -1.83. The molecule has 0 spiro atoms. The molecular formula is H6O4P2Pd. The molecule has 0 aromatic heterocycles. The molecule has 0 aromatic rings. The predicted octanol–water partition coefficient (Wildman–Crippen LogP) is -1.04. The zero-order valence-corrected chi connectivity index (χ0v) is 6.66. The molecule has 50 valence electrons. The van der Waals surface area contributed by atoms with Crippen LogP contribution in [0.2, 0.25) is 0 Å². The van der Waals surface area contributed by atoms with Gasteiger partial charge in [0.25, 0.3) is 0 Å². The molecule has 7 heteroatoms. The summed E-state index contributed by atoms with van der Waals surface area (Å²) < 4.78 is 0. The molecule has 0 saturated heterocycles. The van der Waals surface area contributed by atoms with Crippen LogP contribution < -0.4 is 0 Å². The molecule has 0 aliphatic carbocycles. The third-order valence-electron chi connectivity index (χ3n) is 0. The summed E-state index contributed by atoms with van der Waals surface area (Å²) in [6, 6.07) is 0. The van der Waals surface area contributed by atoms with Gasteiger partial charge in [-0.15, -0.1) is 0 Å². The number of hydrogen-bond acceptors (Lipinski definition) is 4. The van der Waals surface area contributed by atoms with Crippen LogP contribution in [0.1, 0.15) is 0 Å². The van der Waals surface area contributed by atoms with Crippen LogP contribution in [-0.4, -0.2) is 19.6 Å². The van der Waals surface area contributed by atoms with E-state index in [1.165, 1.54) is 0 Å². The number of rotatable bonds is 0. The second-order valence-electron chi connectivity index (χ2n) is 0.200. The van der Waals surface area contributed by atoms with E-state index in [9.17, 15) is 0 Å². The smallest absolute Gasteiger partial charge is 0.149 e. The molecule has 0 fully saturated rings. The molecule has 0 aromatic carbocycles. The van der Waals surface area contributed by atoms with E-state index >= 15 is 0 Å². The first-order chi connectivity index (χ1) is 2.83. The van der Waals surface area contributed by atoms with Gasteiger partial charge >= 0.3 is 0 Å². The van der Waals surface area contributed by atoms with E-state index in [1.54, 1.807) is 0 Å². The fraction of sp³-hybridized carbons (Fsp3) is 0. The van der Waals surface area contributed by atoms with Crippen molar-refractivity contribution in [3.05, 3.63) is 0 Å². The van der Waals surface area contributed by atoms with Crippen molar-refractivity contribution in [1.29, 1.82) is 0 Å². The molecule has 0 unspecified atom stereocenters. The summed E-state index contributed by atoms with van der Waals surface area (Å²) in [6.07, 6.45) is 0. The Labute approximate surface area is 58.5 Å². The molecule has 0 bridgehead atoms. The minimum atomic E-state index is -0.917. The summed E-state index contributed by atoms with van der Waals surface area (Å²) in [5, 5.41) is 0. The Morgan fingerprint density at radius 3 is 0.714 bits per heavy atom. The van der Waals surface area contributed by atoms with Crippen LogP contribution in [-0.2, 0) is 20.4 Å². The maximum absolute atomic E-state index is 7.15. The zero-order chi connectivity index (χ0) is 5.41. The Morgan fingerprint density at radius 1 is 0.714 bits per heavy atom. The van der Waals surface area contributed by atoms with Crippen molar-refractivity contribution >= 4 is 18.1 Å². The Hall–Kier alpha value is 1.36. The molecule has 0 heterocycles. The van der Waals surface area contributed by atoms with Crippen LogP contribution in [0, 0.1) is 0 Å². The fourth-order valence-electron chi connectivity index (χ4n) is 0. The second kappa shape index (κ2) is 26.4. The summed E-state index contributed by atoms with van der Waals surface area (Å²) in [4.78, 5) is 28.6. The van der Waals surface area contributed by atoms with Crippen molar-refractivity contribution in [2.24, 2.45) is 0 Å². The molecule has 7 heavy (non-hydrogen) atoms. The van der Waals surface area contributed by atoms with E-state index in [1.807, 2.05) is 0 Å². The largest absolute Gasteiger partial charge is 0.352 e. The fourth-order valence-corrected chi connectivity index (χ4v) is 0. The van der Waals surface area contributed by atoms with E-state index in [-0.39, 0.29) is 20.4 Å². The summed E-state index contributed by atoms with van der Waals surface area (Å²) in [6.45, 7) is 0. The second-order valence-corrected chi connectivity index (χ2v) is 0.600. The molecule has 0 radical (unpaired) electrons. The third kappa shape index (κ3) is 114. The van der Waals surface area contributed by atoms with E-state index in [0.29, 0.717) is 0 Å². The van der Waals surface area contributed by atoms with E-state index in [2.05, 4.69) is 0 Å². The third-order valence-corrected chi connectivity index (χ3v) is 0. The van der Waals surface area contributed by atoms with Crippen LogP contribution in [0.3, 0.4) is 0 Å². The molecule has 0 amide bonds. The molecule has 0 atom stereocenters. The van der Waals surface area contributed by atoms with Gasteiger partial charge in [-0.3, -0.25) is 0 Å². The van der Waals surface area contributed by atoms with Gasteiger partial charge < -0.3 is 19.6 Å². The first kappa shape index (κ1) is 15.8. The molecule has 0 saturated carbocycles. The van der Waals surface area contributed by atoms with Crippen molar-refractivity contribution < 1.29 is 40.0 Å². The van der Waals surface area contributed by atoms with Crippen LogP contribution >= 0.6 is 18.1 Å². The van der Waals surface area contributed by atoms with Crippen molar-refractivity contribution in [3.8, 4) is 0 Å². The van der Waals surface area contributed by atoms with E-state index in [0.717, 1.165) is 0 Å². The van der Waals surface area contributed by atoms with Gasteiger partial charge in [-0.25, -0.2) is 0 Å². The normalized spacial score (nSPS) is 5.14. The first-order valence-corrected chi connectivity index (χ1v) is 2.68. The van der Waals surface area contributed by atoms with E-state index < -0.39 is 18.1 Å². The van der Waals surface area contributed by atoms with Crippen molar-refractivity contribution in [2.75, 3.05) is 0 Å². The van der Waals surface area contributed by atoms with Crippen molar-refractivity contribution in [1.82, 2.24) is 0 Å². The summed E-state index contributed by atoms with van der Waals surface area (Å²) >= 11 is 0. The maximum atomic E-state index is 7.15. The first-order valence-electron chi connectivity index (χ1n) is 0.894. The van der Waals surface area contributed by atoms with Gasteiger partial charge in [0.2, 0.25) is 0 Å². The molecule has 0 rings (SSSR count). The Morgan fingerprint density at radius 2 is 0.714 bits per heavy atom. The van der Waals surface area contributed by atoms with Crippen LogP contribution in [0.4, 0.5) is 0 Å². The minimum Gasteiger partial charge on any atom is -0.352 e. The van der Waals surface area contributed by atoms with Gasteiger partial charge in [0, 0.05) is 20.4 Å². The average Bonchev–Trinajstić information content (AvgIpc) is 1.39. The van der Waals surface area contributed by atoms with Crippen molar-refractivity contribution in [2.45, 2.75) is 0 Å². The molecule has 0 aliphatic rings. The van der Waals surface area contributed by atoms with Gasteiger partial charge in [0.05, 0.1) is 0 Å². The molecule has 0 aliphatic heterocycles. The zero-order valence-electron chi connectivity index (χ0n) is 3.11. The Bertz CT molecular complexity index is 11.7. The van der Waals surface area contributed by atoms with Gasteiger partial charge in [0.1, 0.15) is 18.1 Å². The molecule has 4 N–H and O–H groups in total. The van der Waals surface area contributed by atoms with Crippen LogP contribution in [0.5, 0.6) is 0 Å². The van der Waals surface area contributed by atoms with Gasteiger partial charge in [0.15, 0.2) is 0 Å². The van der Waals surface area contributed by atoms with Gasteiger partial charge in [-0.2, -0.15) is 0 Å². The van der Waals surface area contributed by atoms with Crippen LogP contribution in [0.25, 0.3) is 0 Å². The topological polar surface area (TPSA) is 80.9 Å². The minimum absolute atomic E-state index is 0. The summed E-state index contributed by atoms with van der Waals surface area (Å²) in [5.74, 6) is 0. The quantitative estimate of drug-likeness (QED) is 0.321. The van der Waals surface area contributed by atoms with Gasteiger partial charge in [-0.05, 0) is 0 Å². The van der Waals surface area contributed by atoms with Crippen molar-refractivity contribution in [3.63, 3.8) is 0 Å². The SMILES string of the molecule is OPO.OPO.[Pd]. The number of hydrogen-bond donors (Lipinski definition) is 4. The maximum Gasteiger partial charge on any atom is 0.149 e. The standard InChI is InChI=1S/2H3O2P.Pd/c2*1-3-2;/h2*1-3H;. The Kier molecular flexibility index (Phi) is 59.4. The average molecular weight is 238 g/mol. The molecule has 4 nitrogen and oxygen atoms in total. The van der Waals surface area contributed by atoms with Gasteiger partial charge in [-0.1, -0.05) is 0 Å². The van der Waals surface area contributed by atoms with Crippen LogP contribution in [0.15, 0.2) is 0 Å². The summed E-state index contributed by atoms with van der Waals surface area (Å²) in [5.41, 5.74) is 0. The monoisotopic (exact) mass is 238 g/mol.